The van der Waals surface area contributed by atoms with Crippen molar-refractivity contribution in [3.8, 4) is 0 Å². The van der Waals surface area contributed by atoms with E-state index in [9.17, 15) is 18.0 Å². The molecule has 1 aliphatic carbocycles. The number of carbonyl (C=O) groups excluding carboxylic acids is 1. The summed E-state index contributed by atoms with van der Waals surface area (Å²) in [7, 11) is -3.87. The molecule has 0 saturated carbocycles. The quantitative estimate of drug-likeness (QED) is 0.363. The van der Waals surface area contributed by atoms with Gasteiger partial charge in [0.25, 0.3) is 15.9 Å². The first kappa shape index (κ1) is 21.0. The summed E-state index contributed by atoms with van der Waals surface area (Å²) in [6.45, 7) is 0. The van der Waals surface area contributed by atoms with E-state index >= 15 is 0 Å². The number of anilines is 1. The molecule has 1 amide bonds. The standard InChI is InChI=1S/C24H22N4O4S/c29-23(25-20-7-3-5-15-4-1-2-6-19(15)20)16-8-10-17(11-9-16)28-33(31,32)18-12-13-21-22(14-18)27-24(30)26-21/h1-2,4,6,8-14,20,28H,3,5,7H2,(H,25,29)(H2,26,27,30). The smallest absolute Gasteiger partial charge is 0.323 e. The first-order valence-electron chi connectivity index (χ1n) is 10.6. The number of hydrogen-bond donors (Lipinski definition) is 4. The minimum absolute atomic E-state index is 0.0167. The molecule has 1 atom stereocenters. The third-order valence-corrected chi connectivity index (χ3v) is 7.25. The lowest BCUT2D eigenvalue weighted by Crippen LogP contribution is -2.30. The Hall–Kier alpha value is -3.85. The highest BCUT2D eigenvalue weighted by Gasteiger charge is 2.22. The van der Waals surface area contributed by atoms with Gasteiger partial charge >= 0.3 is 5.69 Å². The topological polar surface area (TPSA) is 124 Å². The van der Waals surface area contributed by atoms with Crippen LogP contribution in [0.5, 0.6) is 0 Å². The van der Waals surface area contributed by atoms with E-state index in [0.29, 0.717) is 22.3 Å². The Kier molecular flexibility index (Phi) is 5.26. The molecule has 4 N–H and O–H groups in total. The molecule has 33 heavy (non-hydrogen) atoms. The molecule has 4 aromatic rings. The number of carbonyl (C=O) groups is 1. The number of rotatable bonds is 5. The predicted molar refractivity (Wildman–Crippen MR) is 126 cm³/mol. The third-order valence-electron chi connectivity index (χ3n) is 5.87. The van der Waals surface area contributed by atoms with Crippen LogP contribution in [0.25, 0.3) is 11.0 Å². The van der Waals surface area contributed by atoms with Crippen LogP contribution < -0.4 is 15.7 Å². The SMILES string of the molecule is O=C(NC1CCCc2ccccc21)c1ccc(NS(=O)(=O)c2ccc3[nH]c(=O)[nH]c3c2)cc1. The van der Waals surface area contributed by atoms with Crippen molar-refractivity contribution >= 4 is 32.7 Å². The zero-order chi connectivity index (χ0) is 23.0. The second-order valence-corrected chi connectivity index (χ2v) is 9.77. The zero-order valence-corrected chi connectivity index (χ0v) is 18.4. The molecular formula is C24H22N4O4S. The molecule has 0 fully saturated rings. The molecule has 1 unspecified atom stereocenters. The number of imidazole rings is 1. The molecule has 0 saturated heterocycles. The number of aromatic nitrogens is 2. The van der Waals surface area contributed by atoms with Gasteiger partial charge in [0.2, 0.25) is 0 Å². The van der Waals surface area contributed by atoms with Crippen molar-refractivity contribution in [1.82, 2.24) is 15.3 Å². The van der Waals surface area contributed by atoms with Gasteiger partial charge < -0.3 is 15.3 Å². The van der Waals surface area contributed by atoms with Gasteiger partial charge in [-0.05, 0) is 72.9 Å². The molecular weight excluding hydrogens is 440 g/mol. The molecule has 8 nitrogen and oxygen atoms in total. The van der Waals surface area contributed by atoms with Gasteiger partial charge in [0.15, 0.2) is 0 Å². The summed E-state index contributed by atoms with van der Waals surface area (Å²) >= 11 is 0. The lowest BCUT2D eigenvalue weighted by atomic mass is 9.87. The van der Waals surface area contributed by atoms with Crippen molar-refractivity contribution in [2.75, 3.05) is 4.72 Å². The Morgan fingerprint density at radius 3 is 2.52 bits per heavy atom. The monoisotopic (exact) mass is 462 g/mol. The Morgan fingerprint density at radius 1 is 0.939 bits per heavy atom. The Labute approximate surface area is 190 Å². The van der Waals surface area contributed by atoms with Crippen LogP contribution in [0.3, 0.4) is 0 Å². The minimum Gasteiger partial charge on any atom is -0.345 e. The van der Waals surface area contributed by atoms with Crippen LogP contribution in [0, 0.1) is 0 Å². The van der Waals surface area contributed by atoms with Gasteiger partial charge in [-0.3, -0.25) is 9.52 Å². The number of nitrogens with one attached hydrogen (secondary N) is 4. The Balaban J connectivity index is 1.30. The zero-order valence-electron chi connectivity index (χ0n) is 17.6. The van der Waals surface area contributed by atoms with Crippen molar-refractivity contribution in [2.24, 2.45) is 0 Å². The normalized spacial score (nSPS) is 15.7. The molecule has 5 rings (SSSR count). The highest BCUT2D eigenvalue weighted by molar-refractivity contribution is 7.92. The molecule has 0 aliphatic heterocycles. The maximum Gasteiger partial charge on any atom is 0.323 e. The first-order chi connectivity index (χ1) is 15.9. The fourth-order valence-corrected chi connectivity index (χ4v) is 5.31. The Morgan fingerprint density at radius 2 is 1.70 bits per heavy atom. The lowest BCUT2D eigenvalue weighted by Gasteiger charge is -2.26. The minimum atomic E-state index is -3.87. The number of hydrogen-bond acceptors (Lipinski definition) is 4. The summed E-state index contributed by atoms with van der Waals surface area (Å²) in [5.41, 5.74) is 3.72. The molecule has 1 aromatic heterocycles. The number of aryl methyl sites for hydroxylation is 1. The Bertz CT molecular complexity index is 1500. The summed E-state index contributed by atoms with van der Waals surface area (Å²) in [4.78, 5) is 29.3. The predicted octanol–water partition coefficient (Wildman–Crippen LogP) is 3.46. The number of aromatic amines is 2. The first-order valence-corrected chi connectivity index (χ1v) is 12.1. The average molecular weight is 463 g/mol. The maximum absolute atomic E-state index is 12.8. The van der Waals surface area contributed by atoms with E-state index in [0.717, 1.165) is 24.8 Å². The molecule has 1 heterocycles. The summed E-state index contributed by atoms with van der Waals surface area (Å²) in [6.07, 6.45) is 2.92. The highest BCUT2D eigenvalue weighted by atomic mass is 32.2. The van der Waals surface area contributed by atoms with Crippen LogP contribution in [0.1, 0.15) is 40.4 Å². The van der Waals surface area contributed by atoms with Gasteiger partial charge in [-0.15, -0.1) is 0 Å². The van der Waals surface area contributed by atoms with Crippen LogP contribution in [-0.4, -0.2) is 24.3 Å². The van der Waals surface area contributed by atoms with Crippen molar-refractivity contribution in [2.45, 2.75) is 30.2 Å². The van der Waals surface area contributed by atoms with Gasteiger partial charge in [0.1, 0.15) is 0 Å². The van der Waals surface area contributed by atoms with E-state index < -0.39 is 15.7 Å². The molecule has 1 aliphatic rings. The number of sulfonamides is 1. The van der Waals surface area contributed by atoms with Crippen LogP contribution in [-0.2, 0) is 16.4 Å². The van der Waals surface area contributed by atoms with Gasteiger partial charge in [-0.2, -0.15) is 0 Å². The number of H-pyrrole nitrogens is 2. The fourth-order valence-electron chi connectivity index (χ4n) is 4.23. The van der Waals surface area contributed by atoms with E-state index in [1.807, 2.05) is 12.1 Å². The number of amides is 1. The second-order valence-electron chi connectivity index (χ2n) is 8.09. The molecule has 168 valence electrons. The van der Waals surface area contributed by atoms with Crippen molar-refractivity contribution in [3.63, 3.8) is 0 Å². The fraction of sp³-hybridized carbons (Fsp3) is 0.167. The van der Waals surface area contributed by atoms with Crippen molar-refractivity contribution in [1.29, 1.82) is 0 Å². The summed E-state index contributed by atoms with van der Waals surface area (Å²) in [6, 6.07) is 18.7. The van der Waals surface area contributed by atoms with Crippen LogP contribution in [0.15, 0.2) is 76.4 Å². The van der Waals surface area contributed by atoms with Crippen LogP contribution in [0.2, 0.25) is 0 Å². The molecule has 3 aromatic carbocycles. The second kappa shape index (κ2) is 8.25. The van der Waals surface area contributed by atoms with Crippen molar-refractivity contribution in [3.05, 3.63) is 93.9 Å². The van der Waals surface area contributed by atoms with Crippen LogP contribution >= 0.6 is 0 Å². The number of benzene rings is 3. The molecule has 0 spiro atoms. The summed E-state index contributed by atoms with van der Waals surface area (Å²) in [5.74, 6) is -0.201. The lowest BCUT2D eigenvalue weighted by molar-refractivity contribution is 0.0933. The van der Waals surface area contributed by atoms with E-state index in [2.05, 4.69) is 32.1 Å². The third kappa shape index (κ3) is 4.27. The summed E-state index contributed by atoms with van der Waals surface area (Å²) < 4.78 is 28.0. The van der Waals surface area contributed by atoms with Gasteiger partial charge in [-0.1, -0.05) is 24.3 Å². The average Bonchev–Trinajstić information content (AvgIpc) is 3.19. The highest BCUT2D eigenvalue weighted by Crippen LogP contribution is 2.29. The molecule has 0 radical (unpaired) electrons. The van der Waals surface area contributed by atoms with E-state index in [4.69, 9.17) is 0 Å². The maximum atomic E-state index is 12.8. The van der Waals surface area contributed by atoms with Crippen molar-refractivity contribution < 1.29 is 13.2 Å². The summed E-state index contributed by atoms with van der Waals surface area (Å²) in [5, 5.41) is 3.09. The van der Waals surface area contributed by atoms with E-state index in [1.165, 1.54) is 23.8 Å². The van der Waals surface area contributed by atoms with Gasteiger partial charge in [-0.25, -0.2) is 13.2 Å². The van der Waals surface area contributed by atoms with Crippen LogP contribution in [0.4, 0.5) is 5.69 Å². The molecule has 0 bridgehead atoms. The van der Waals surface area contributed by atoms with E-state index in [1.54, 1.807) is 24.3 Å². The van der Waals surface area contributed by atoms with Gasteiger partial charge in [0.05, 0.1) is 22.0 Å². The molecule has 9 heteroatoms. The van der Waals surface area contributed by atoms with Gasteiger partial charge in [0, 0.05) is 11.3 Å². The largest absolute Gasteiger partial charge is 0.345 e. The number of fused-ring (bicyclic) bond motifs is 2. The van der Waals surface area contributed by atoms with E-state index in [-0.39, 0.29) is 16.8 Å².